The number of phosphoric acid groups is 1. The molecule has 0 aromatic heterocycles. The van der Waals surface area contributed by atoms with Crippen LogP contribution in [0.3, 0.4) is 0 Å². The number of esters is 2. The fourth-order valence-corrected chi connectivity index (χ4v) is 5.49. The Bertz CT molecular complexity index is 1450. The molecule has 12 heteroatoms. The molecule has 0 spiro atoms. The first-order chi connectivity index (χ1) is 28.6. The lowest BCUT2D eigenvalue weighted by Gasteiger charge is -2.20. The van der Waals surface area contributed by atoms with Crippen LogP contribution in [0, 0.1) is 0 Å². The number of phosphoric ester groups is 1. The molecule has 0 fully saturated rings. The van der Waals surface area contributed by atoms with Crippen molar-refractivity contribution >= 4 is 25.7 Å². The predicted molar refractivity (Wildman–Crippen MR) is 239 cm³/mol. The third-order valence-corrected chi connectivity index (χ3v) is 8.91. The van der Waals surface area contributed by atoms with Crippen molar-refractivity contribution in [3.05, 3.63) is 122 Å². The van der Waals surface area contributed by atoms with Crippen molar-refractivity contribution in [1.82, 2.24) is 0 Å². The van der Waals surface area contributed by atoms with Crippen LogP contribution in [0.5, 0.6) is 0 Å². The Balaban J connectivity index is 4.59. The molecule has 1 unspecified atom stereocenters. The van der Waals surface area contributed by atoms with Gasteiger partial charge >= 0.3 is 25.7 Å². The van der Waals surface area contributed by atoms with E-state index in [9.17, 15) is 23.8 Å². The molecule has 0 aliphatic carbocycles. The highest BCUT2D eigenvalue weighted by atomic mass is 31.2. The van der Waals surface area contributed by atoms with Gasteiger partial charge < -0.3 is 25.2 Å². The van der Waals surface area contributed by atoms with Crippen molar-refractivity contribution in [2.24, 2.45) is 5.73 Å². The number of carboxylic acid groups (broad SMARTS) is 1. The van der Waals surface area contributed by atoms with E-state index in [0.717, 1.165) is 77.0 Å². The number of unbranched alkanes of at least 4 members (excludes halogenated alkanes) is 3. The molecule has 330 valence electrons. The quantitative estimate of drug-likeness (QED) is 0.0235. The first kappa shape index (κ1) is 54.9. The molecule has 0 aromatic carbocycles. The third kappa shape index (κ3) is 40.4. The number of rotatable bonds is 37. The van der Waals surface area contributed by atoms with Gasteiger partial charge in [0, 0.05) is 12.8 Å². The van der Waals surface area contributed by atoms with Gasteiger partial charge in [-0.2, -0.15) is 0 Å². The van der Waals surface area contributed by atoms with E-state index in [2.05, 4.69) is 128 Å². The SMILES string of the molecule is CC/C=C\C/C=C\C/C=C\C/C=C\C/C=C\CCCCC(=O)O[C@H](COC(=O)CCC/C=C\C/C=C\C/C=C\C/C=C\C/C=C\CC)COP(=O)(O)OC[C@H](N)C(=O)O. The minimum absolute atomic E-state index is 0.0865. The lowest BCUT2D eigenvalue weighted by Crippen LogP contribution is -2.34. The van der Waals surface area contributed by atoms with Crippen molar-refractivity contribution in [1.29, 1.82) is 0 Å². The average molecular weight is 842 g/mol. The van der Waals surface area contributed by atoms with E-state index >= 15 is 0 Å². The number of ether oxygens (including phenoxy) is 2. The first-order valence-corrected chi connectivity index (χ1v) is 22.6. The number of allylic oxidation sites excluding steroid dienone is 20. The van der Waals surface area contributed by atoms with Crippen LogP contribution < -0.4 is 5.73 Å². The Labute approximate surface area is 354 Å². The van der Waals surface area contributed by atoms with Crippen LogP contribution >= 0.6 is 7.82 Å². The maximum absolute atomic E-state index is 12.6. The van der Waals surface area contributed by atoms with Gasteiger partial charge in [-0.05, 0) is 96.3 Å². The van der Waals surface area contributed by atoms with Crippen LogP contribution in [0.15, 0.2) is 122 Å². The molecule has 59 heavy (non-hydrogen) atoms. The Morgan fingerprint density at radius 1 is 0.525 bits per heavy atom. The molecule has 0 bridgehead atoms. The molecule has 0 aliphatic heterocycles. The molecule has 4 N–H and O–H groups in total. The van der Waals surface area contributed by atoms with Crippen LogP contribution in [0.2, 0.25) is 0 Å². The second-order valence-corrected chi connectivity index (χ2v) is 14.8. The minimum atomic E-state index is -4.75. The molecule has 0 saturated heterocycles. The average Bonchev–Trinajstić information content (AvgIpc) is 3.21. The zero-order valence-electron chi connectivity index (χ0n) is 35.5. The molecule has 0 saturated carbocycles. The van der Waals surface area contributed by atoms with E-state index in [1.54, 1.807) is 0 Å². The highest BCUT2D eigenvalue weighted by molar-refractivity contribution is 7.47. The zero-order valence-corrected chi connectivity index (χ0v) is 36.4. The number of carboxylic acids is 1. The number of hydrogen-bond acceptors (Lipinski definition) is 9. The summed E-state index contributed by atoms with van der Waals surface area (Å²) < 4.78 is 32.6. The van der Waals surface area contributed by atoms with Gasteiger partial charge in [0.2, 0.25) is 0 Å². The smallest absolute Gasteiger partial charge is 0.472 e. The maximum atomic E-state index is 12.6. The van der Waals surface area contributed by atoms with Crippen LogP contribution in [-0.4, -0.2) is 59.9 Å². The largest absolute Gasteiger partial charge is 0.480 e. The summed E-state index contributed by atoms with van der Waals surface area (Å²) in [4.78, 5) is 45.9. The van der Waals surface area contributed by atoms with Crippen LogP contribution in [0.25, 0.3) is 0 Å². The molecule has 0 amide bonds. The molecule has 11 nitrogen and oxygen atoms in total. The molecular weight excluding hydrogens is 769 g/mol. The lowest BCUT2D eigenvalue weighted by molar-refractivity contribution is -0.161. The summed E-state index contributed by atoms with van der Waals surface area (Å²) >= 11 is 0. The fourth-order valence-electron chi connectivity index (χ4n) is 4.71. The van der Waals surface area contributed by atoms with Gasteiger partial charge in [-0.1, -0.05) is 135 Å². The van der Waals surface area contributed by atoms with Crippen molar-refractivity contribution in [3.63, 3.8) is 0 Å². The normalized spacial score (nSPS) is 14.9. The second kappa shape index (κ2) is 40.7. The highest BCUT2D eigenvalue weighted by Gasteiger charge is 2.28. The molecule has 0 radical (unpaired) electrons. The van der Waals surface area contributed by atoms with Crippen molar-refractivity contribution in [3.8, 4) is 0 Å². The van der Waals surface area contributed by atoms with E-state index < -0.39 is 57.7 Å². The molecule has 0 aromatic rings. The summed E-state index contributed by atoms with van der Waals surface area (Å²) in [6.07, 6.45) is 54.2. The lowest BCUT2D eigenvalue weighted by atomic mass is 10.2. The predicted octanol–water partition coefficient (Wildman–Crippen LogP) is 11.2. The Kier molecular flexibility index (Phi) is 37.8. The summed E-state index contributed by atoms with van der Waals surface area (Å²) in [6.45, 7) is 2.44. The van der Waals surface area contributed by atoms with Gasteiger partial charge in [-0.3, -0.25) is 23.4 Å². The van der Waals surface area contributed by atoms with Gasteiger partial charge in [0.25, 0.3) is 0 Å². The molecule has 3 atom stereocenters. The Morgan fingerprint density at radius 2 is 0.898 bits per heavy atom. The minimum Gasteiger partial charge on any atom is -0.480 e. The van der Waals surface area contributed by atoms with E-state index in [-0.39, 0.29) is 12.8 Å². The summed E-state index contributed by atoms with van der Waals surface area (Å²) in [5, 5.41) is 8.89. The monoisotopic (exact) mass is 841 g/mol. The van der Waals surface area contributed by atoms with Gasteiger partial charge in [-0.15, -0.1) is 0 Å². The molecular formula is C47H72NO10P. The standard InChI is InChI=1S/C47H72NO10P/c1-3-5-7-9-11-13-15-17-19-21-23-25-27-29-31-33-35-37-39-46(50)58-43(41-56-59(53,54)57-42-44(48)47(51)52)40-55-45(49)38-36-34-32-30-28-26-24-22-20-18-16-14-12-10-8-6-4-2/h5-8,11-14,17-20,23-26,29-32,43-44H,3-4,9-10,15-16,21-22,27-28,33-42,48H2,1-2H3,(H,51,52)(H,53,54)/b7-5-,8-6-,13-11-,14-12-,19-17-,20-18-,25-23-,26-24-,31-29-,32-30-/t43-,44+/m1/s1. The number of hydrogen-bond donors (Lipinski definition) is 3. The molecule has 0 aliphatic rings. The molecule has 0 heterocycles. The maximum Gasteiger partial charge on any atom is 0.472 e. The summed E-state index contributed by atoms with van der Waals surface area (Å²) in [5.74, 6) is -2.53. The van der Waals surface area contributed by atoms with E-state index in [0.29, 0.717) is 19.3 Å². The van der Waals surface area contributed by atoms with Gasteiger partial charge in [0.05, 0.1) is 13.2 Å². The highest BCUT2D eigenvalue weighted by Crippen LogP contribution is 2.43. The van der Waals surface area contributed by atoms with Crippen LogP contribution in [0.4, 0.5) is 0 Å². The third-order valence-electron chi connectivity index (χ3n) is 7.96. The summed E-state index contributed by atoms with van der Waals surface area (Å²) in [7, 11) is -4.75. The summed E-state index contributed by atoms with van der Waals surface area (Å²) in [5.41, 5.74) is 5.32. The molecule has 0 rings (SSSR count). The van der Waals surface area contributed by atoms with Gasteiger partial charge in [0.1, 0.15) is 12.6 Å². The second-order valence-electron chi connectivity index (χ2n) is 13.4. The topological polar surface area (TPSA) is 172 Å². The van der Waals surface area contributed by atoms with Gasteiger partial charge in [0.15, 0.2) is 6.10 Å². The van der Waals surface area contributed by atoms with E-state index in [1.807, 2.05) is 12.2 Å². The Morgan fingerprint density at radius 3 is 1.32 bits per heavy atom. The first-order valence-electron chi connectivity index (χ1n) is 21.1. The van der Waals surface area contributed by atoms with E-state index in [1.165, 1.54) is 0 Å². The Hall–Kier alpha value is -4.12. The number of nitrogens with two attached hydrogens (primary N) is 1. The number of carbonyl (C=O) groups is 3. The summed E-state index contributed by atoms with van der Waals surface area (Å²) in [6, 6.07) is -1.54. The van der Waals surface area contributed by atoms with Gasteiger partial charge in [-0.25, -0.2) is 4.57 Å². The van der Waals surface area contributed by atoms with Crippen molar-refractivity contribution in [2.45, 2.75) is 135 Å². The van der Waals surface area contributed by atoms with Crippen LogP contribution in [0.1, 0.15) is 123 Å². The van der Waals surface area contributed by atoms with Crippen molar-refractivity contribution < 1.29 is 47.5 Å². The van der Waals surface area contributed by atoms with E-state index in [4.69, 9.17) is 24.8 Å². The number of carbonyl (C=O) groups excluding carboxylic acids is 2. The zero-order chi connectivity index (χ0) is 43.5. The number of aliphatic carboxylic acids is 1. The van der Waals surface area contributed by atoms with Crippen molar-refractivity contribution in [2.75, 3.05) is 19.8 Å². The van der Waals surface area contributed by atoms with Crippen LogP contribution in [-0.2, 0) is 37.5 Å². The fraction of sp³-hybridized carbons (Fsp3) is 0.511.